The van der Waals surface area contributed by atoms with Crippen molar-refractivity contribution in [2.24, 2.45) is 11.8 Å². The second kappa shape index (κ2) is 12.6. The van der Waals surface area contributed by atoms with Crippen LogP contribution >= 0.6 is 0 Å². The fraction of sp³-hybridized carbons (Fsp3) is 0.486. The first kappa shape index (κ1) is 31.9. The minimum absolute atomic E-state index is 0.0248. The Hall–Kier alpha value is -3.01. The van der Waals surface area contributed by atoms with Crippen molar-refractivity contribution in [2.75, 3.05) is 13.2 Å². The number of hydrogen-bond donors (Lipinski definition) is 1. The number of rotatable bonds is 8. The zero-order chi connectivity index (χ0) is 31.9. The van der Waals surface area contributed by atoms with Gasteiger partial charge in [-0.05, 0) is 46.3 Å². The summed E-state index contributed by atoms with van der Waals surface area (Å²) >= 11 is 0. The molecule has 45 heavy (non-hydrogen) atoms. The maximum absolute atomic E-state index is 13.6. The zero-order valence-electron chi connectivity index (χ0n) is 27.5. The van der Waals surface area contributed by atoms with Crippen LogP contribution in [-0.2, 0) is 23.4 Å². The van der Waals surface area contributed by atoms with Crippen LogP contribution in [0.25, 0.3) is 11.1 Å². The van der Waals surface area contributed by atoms with Crippen LogP contribution in [0.5, 0.6) is 0 Å². The number of alkyl carbamates (subject to hydrolysis) is 1. The van der Waals surface area contributed by atoms with Crippen molar-refractivity contribution in [1.82, 2.24) is 5.32 Å². The molecule has 1 N–H and O–H groups in total. The van der Waals surface area contributed by atoms with E-state index in [1.807, 2.05) is 42.5 Å². The van der Waals surface area contributed by atoms with Crippen molar-refractivity contribution in [3.8, 4) is 11.1 Å². The van der Waals surface area contributed by atoms with Crippen molar-refractivity contribution >= 4 is 14.4 Å². The molecule has 0 radical (unpaired) electrons. The molecule has 3 aromatic rings. The van der Waals surface area contributed by atoms with E-state index >= 15 is 0 Å². The second-order valence-electron chi connectivity index (χ2n) is 14.1. The molecule has 3 aromatic carbocycles. The molecule has 3 unspecified atom stereocenters. The summed E-state index contributed by atoms with van der Waals surface area (Å²) in [5.74, 6) is 0.258. The molecule has 0 aromatic heterocycles. The lowest BCUT2D eigenvalue weighted by Crippen LogP contribution is -2.65. The van der Waals surface area contributed by atoms with Gasteiger partial charge in [-0.15, -0.1) is 0 Å². The Morgan fingerprint density at radius 1 is 0.933 bits per heavy atom. The molecule has 240 valence electrons. The minimum Gasteiger partial charge on any atom is -0.449 e. The van der Waals surface area contributed by atoms with Gasteiger partial charge >= 0.3 is 6.09 Å². The van der Waals surface area contributed by atoms with Gasteiger partial charge in [0.05, 0.1) is 18.8 Å². The van der Waals surface area contributed by atoms with Crippen LogP contribution in [0, 0.1) is 11.8 Å². The fourth-order valence-corrected chi connectivity index (χ4v) is 9.31. The van der Waals surface area contributed by atoms with E-state index in [9.17, 15) is 4.79 Å². The fourth-order valence-electron chi connectivity index (χ4n) is 6.83. The molecule has 2 heterocycles. The first-order valence-corrected chi connectivity index (χ1v) is 19.2. The van der Waals surface area contributed by atoms with E-state index in [0.29, 0.717) is 12.5 Å². The van der Waals surface area contributed by atoms with Gasteiger partial charge in [0.25, 0.3) is 0 Å². The molecule has 0 spiro atoms. The van der Waals surface area contributed by atoms with Crippen molar-refractivity contribution < 1.29 is 28.2 Å². The molecule has 0 bridgehead atoms. The number of amides is 1. The molecular formula is C37H47NO6Si. The normalized spacial score (nSPS) is 26.6. The van der Waals surface area contributed by atoms with Gasteiger partial charge in [-0.3, -0.25) is 0 Å². The quantitative estimate of drug-likeness (QED) is 0.254. The second-order valence-corrected chi connectivity index (χ2v) is 18.6. The molecule has 2 fully saturated rings. The van der Waals surface area contributed by atoms with Gasteiger partial charge < -0.3 is 28.7 Å². The summed E-state index contributed by atoms with van der Waals surface area (Å²) in [6.45, 7) is 16.2. The molecule has 0 saturated carbocycles. The number of nitrogens with one attached hydrogen (secondary N) is 1. The van der Waals surface area contributed by atoms with Crippen molar-refractivity contribution in [2.45, 2.75) is 89.5 Å². The van der Waals surface area contributed by atoms with E-state index in [2.05, 4.69) is 89.4 Å². The summed E-state index contributed by atoms with van der Waals surface area (Å²) < 4.78 is 32.2. The SMILES string of the molecule is CC(C)C(C)(C)[Si](C)(C)O[C@@H]1OC2COC(c3ccccc3)O[C@@H]2[C@H](C)C1NC(=O)OCC1c2ccccc2-c2ccccc21. The lowest BCUT2D eigenvalue weighted by atomic mass is 9.88. The van der Waals surface area contributed by atoms with E-state index in [4.69, 9.17) is 23.4 Å². The molecule has 1 amide bonds. The smallest absolute Gasteiger partial charge is 0.407 e. The zero-order valence-corrected chi connectivity index (χ0v) is 28.5. The molecule has 6 atom stereocenters. The number of carbonyl (C=O) groups is 1. The highest BCUT2D eigenvalue weighted by atomic mass is 28.4. The predicted molar refractivity (Wildman–Crippen MR) is 177 cm³/mol. The number of benzene rings is 3. The summed E-state index contributed by atoms with van der Waals surface area (Å²) in [5.41, 5.74) is 5.70. The topological polar surface area (TPSA) is 75.3 Å². The van der Waals surface area contributed by atoms with E-state index in [-0.39, 0.29) is 35.7 Å². The highest BCUT2D eigenvalue weighted by Gasteiger charge is 2.53. The number of fused-ring (bicyclic) bond motifs is 4. The van der Waals surface area contributed by atoms with Crippen LogP contribution in [0.4, 0.5) is 4.79 Å². The monoisotopic (exact) mass is 629 g/mol. The van der Waals surface area contributed by atoms with Crippen molar-refractivity contribution in [3.05, 3.63) is 95.6 Å². The van der Waals surface area contributed by atoms with Gasteiger partial charge in [0.15, 0.2) is 20.9 Å². The number of carbonyl (C=O) groups excluding carboxylic acids is 1. The third kappa shape index (κ3) is 6.11. The maximum Gasteiger partial charge on any atom is 0.407 e. The van der Waals surface area contributed by atoms with Crippen LogP contribution in [0.3, 0.4) is 0 Å². The lowest BCUT2D eigenvalue weighted by molar-refractivity contribution is -0.325. The third-order valence-corrected chi connectivity index (χ3v) is 15.4. The Kier molecular flexibility index (Phi) is 8.98. The molecule has 3 aliphatic rings. The Bertz CT molecular complexity index is 1450. The minimum atomic E-state index is -2.34. The van der Waals surface area contributed by atoms with Gasteiger partial charge in [-0.25, -0.2) is 4.79 Å². The first-order chi connectivity index (χ1) is 21.5. The summed E-state index contributed by atoms with van der Waals surface area (Å²) in [6, 6.07) is 26.1. The van der Waals surface area contributed by atoms with Gasteiger partial charge in [-0.1, -0.05) is 113 Å². The van der Waals surface area contributed by atoms with Gasteiger partial charge in [-0.2, -0.15) is 0 Å². The molecular weight excluding hydrogens is 582 g/mol. The summed E-state index contributed by atoms with van der Waals surface area (Å²) in [5, 5.41) is 3.13. The number of hydrogen-bond acceptors (Lipinski definition) is 6. The Morgan fingerprint density at radius 2 is 1.53 bits per heavy atom. The molecule has 2 saturated heterocycles. The largest absolute Gasteiger partial charge is 0.449 e. The highest BCUT2D eigenvalue weighted by Crippen LogP contribution is 2.47. The van der Waals surface area contributed by atoms with Crippen LogP contribution < -0.4 is 5.32 Å². The average Bonchev–Trinajstić information content (AvgIpc) is 3.35. The van der Waals surface area contributed by atoms with Gasteiger partial charge in [0.2, 0.25) is 0 Å². The average molecular weight is 630 g/mol. The van der Waals surface area contributed by atoms with E-state index in [1.165, 1.54) is 22.3 Å². The first-order valence-electron chi connectivity index (χ1n) is 16.2. The highest BCUT2D eigenvalue weighted by molar-refractivity contribution is 6.74. The molecule has 7 nitrogen and oxygen atoms in total. The summed E-state index contributed by atoms with van der Waals surface area (Å²) in [7, 11) is -2.34. The van der Waals surface area contributed by atoms with E-state index in [1.54, 1.807) is 0 Å². The van der Waals surface area contributed by atoms with E-state index in [0.717, 1.165) is 5.56 Å². The van der Waals surface area contributed by atoms with Crippen molar-refractivity contribution in [3.63, 3.8) is 0 Å². The Balaban J connectivity index is 1.21. The third-order valence-electron chi connectivity index (χ3n) is 10.9. The van der Waals surface area contributed by atoms with Crippen LogP contribution in [0.2, 0.25) is 18.1 Å². The predicted octanol–water partition coefficient (Wildman–Crippen LogP) is 8.03. The van der Waals surface area contributed by atoms with Crippen LogP contribution in [-0.4, -0.2) is 52.2 Å². The van der Waals surface area contributed by atoms with Crippen molar-refractivity contribution in [1.29, 1.82) is 0 Å². The Morgan fingerprint density at radius 3 is 2.16 bits per heavy atom. The van der Waals surface area contributed by atoms with Gasteiger partial charge in [0.1, 0.15) is 12.7 Å². The lowest BCUT2D eigenvalue weighted by Gasteiger charge is -2.52. The van der Waals surface area contributed by atoms with Crippen LogP contribution in [0.15, 0.2) is 78.9 Å². The summed E-state index contributed by atoms with van der Waals surface area (Å²) in [6.07, 6.45) is -2.28. The molecule has 2 aliphatic heterocycles. The molecule has 8 heteroatoms. The molecule has 1 aliphatic carbocycles. The molecule has 6 rings (SSSR count). The standard InChI is InChI=1S/C37H47NO6Si/c1-23(2)37(4,5)45(6,7)44-35-32(24(3)33-31(42-35)22-40-34(43-33)25-15-9-8-10-16-25)38-36(39)41-21-30-28-19-13-11-17-26(28)27-18-12-14-20-29(27)30/h8-20,23-24,30-35H,21-22H2,1-7H3,(H,38,39)/t24-,31?,32?,33-,34?,35+/m1/s1. The van der Waals surface area contributed by atoms with Crippen LogP contribution in [0.1, 0.15) is 63.5 Å². The van der Waals surface area contributed by atoms with Gasteiger partial charge in [0, 0.05) is 17.4 Å². The van der Waals surface area contributed by atoms with E-state index < -0.39 is 33.0 Å². The summed E-state index contributed by atoms with van der Waals surface area (Å²) in [4.78, 5) is 13.6. The maximum atomic E-state index is 13.6. The Labute approximate surface area is 268 Å². The number of ether oxygens (including phenoxy) is 4.